The quantitative estimate of drug-likeness (QED) is 0.483. The van der Waals surface area contributed by atoms with Crippen LogP contribution in [0.3, 0.4) is 0 Å². The van der Waals surface area contributed by atoms with E-state index in [2.05, 4.69) is 10.5 Å². The summed E-state index contributed by atoms with van der Waals surface area (Å²) in [5.74, 6) is -0.898. The first-order valence-corrected chi connectivity index (χ1v) is 6.86. The first-order chi connectivity index (χ1) is 11.8. The van der Waals surface area contributed by atoms with Crippen LogP contribution in [0.4, 0.5) is 11.4 Å². The van der Waals surface area contributed by atoms with E-state index in [0.717, 1.165) is 18.2 Å². The maximum absolute atomic E-state index is 12.1. The van der Waals surface area contributed by atoms with Crippen LogP contribution < -0.4 is 5.43 Å². The molecule has 0 bridgehead atoms. The number of hydrogen-bond acceptors (Lipinski definition) is 7. The molecule has 128 valence electrons. The van der Waals surface area contributed by atoms with E-state index in [1.165, 1.54) is 13.0 Å². The minimum absolute atomic E-state index is 0.0380. The zero-order valence-corrected chi connectivity index (χ0v) is 12.9. The summed E-state index contributed by atoms with van der Waals surface area (Å²) in [4.78, 5) is 32.1. The van der Waals surface area contributed by atoms with Crippen molar-refractivity contribution in [3.63, 3.8) is 0 Å². The SMILES string of the molecule is CC(=NNC(=O)c1cc([N+](=O)[O-])cc([N+](=O)[O-])c1)c1ccccc1O. The van der Waals surface area contributed by atoms with E-state index in [1.54, 1.807) is 18.2 Å². The first-order valence-electron chi connectivity index (χ1n) is 6.86. The molecule has 0 spiro atoms. The number of rotatable bonds is 5. The molecule has 2 N–H and O–H groups in total. The smallest absolute Gasteiger partial charge is 0.277 e. The lowest BCUT2D eigenvalue weighted by Crippen LogP contribution is -2.19. The van der Waals surface area contributed by atoms with Gasteiger partial charge in [-0.05, 0) is 19.1 Å². The number of phenols is 1. The van der Waals surface area contributed by atoms with Crippen LogP contribution in [0.25, 0.3) is 0 Å². The number of phenolic OH excluding ortho intramolecular Hbond substituents is 1. The molecule has 1 amide bonds. The third kappa shape index (κ3) is 4.13. The number of nitro groups is 2. The van der Waals surface area contributed by atoms with Crippen LogP contribution in [0.1, 0.15) is 22.8 Å². The largest absolute Gasteiger partial charge is 0.507 e. The van der Waals surface area contributed by atoms with E-state index in [1.807, 2.05) is 0 Å². The van der Waals surface area contributed by atoms with Gasteiger partial charge < -0.3 is 5.11 Å². The highest BCUT2D eigenvalue weighted by atomic mass is 16.6. The van der Waals surface area contributed by atoms with Gasteiger partial charge in [-0.25, -0.2) is 5.43 Å². The predicted molar refractivity (Wildman–Crippen MR) is 87.5 cm³/mol. The van der Waals surface area contributed by atoms with E-state index in [9.17, 15) is 30.1 Å². The second kappa shape index (κ2) is 7.17. The third-order valence-corrected chi connectivity index (χ3v) is 3.21. The number of non-ortho nitro benzene ring substituents is 2. The predicted octanol–water partition coefficient (Wildman–Crippen LogP) is 2.36. The Morgan fingerprint density at radius 1 is 1.08 bits per heavy atom. The third-order valence-electron chi connectivity index (χ3n) is 3.21. The van der Waals surface area contributed by atoms with E-state index in [0.29, 0.717) is 5.56 Å². The minimum Gasteiger partial charge on any atom is -0.507 e. The lowest BCUT2D eigenvalue weighted by atomic mass is 10.1. The van der Waals surface area contributed by atoms with Crippen molar-refractivity contribution in [3.8, 4) is 5.75 Å². The van der Waals surface area contributed by atoms with Crippen LogP contribution in [0.15, 0.2) is 47.6 Å². The molecule has 25 heavy (non-hydrogen) atoms. The van der Waals surface area contributed by atoms with Gasteiger partial charge in [0.25, 0.3) is 17.3 Å². The van der Waals surface area contributed by atoms with Crippen molar-refractivity contribution in [1.82, 2.24) is 5.43 Å². The van der Waals surface area contributed by atoms with E-state index in [-0.39, 0.29) is 17.0 Å². The van der Waals surface area contributed by atoms with Crippen molar-refractivity contribution in [2.75, 3.05) is 0 Å². The van der Waals surface area contributed by atoms with Crippen LogP contribution >= 0.6 is 0 Å². The number of amides is 1. The number of hydrazone groups is 1. The summed E-state index contributed by atoms with van der Waals surface area (Å²) in [6, 6.07) is 8.89. The Morgan fingerprint density at radius 3 is 2.16 bits per heavy atom. The van der Waals surface area contributed by atoms with Crippen LogP contribution in [-0.4, -0.2) is 26.6 Å². The number of aromatic hydroxyl groups is 1. The average Bonchev–Trinajstić information content (AvgIpc) is 2.59. The number of nitrogens with zero attached hydrogens (tertiary/aromatic N) is 3. The average molecular weight is 344 g/mol. The summed E-state index contributed by atoms with van der Waals surface area (Å²) >= 11 is 0. The molecular formula is C15H12N4O6. The monoisotopic (exact) mass is 344 g/mol. The normalized spacial score (nSPS) is 11.0. The van der Waals surface area contributed by atoms with Crippen LogP contribution in [-0.2, 0) is 0 Å². The molecule has 2 rings (SSSR count). The summed E-state index contributed by atoms with van der Waals surface area (Å²) in [6.07, 6.45) is 0. The fraction of sp³-hybridized carbons (Fsp3) is 0.0667. The number of hydrogen-bond donors (Lipinski definition) is 2. The van der Waals surface area contributed by atoms with Crippen molar-refractivity contribution in [2.24, 2.45) is 5.10 Å². The van der Waals surface area contributed by atoms with Gasteiger partial charge in [-0.3, -0.25) is 25.0 Å². The van der Waals surface area contributed by atoms with Gasteiger partial charge in [0.05, 0.1) is 27.2 Å². The van der Waals surface area contributed by atoms with Crippen LogP contribution in [0.2, 0.25) is 0 Å². The Labute approximate surface area is 140 Å². The molecule has 10 heteroatoms. The van der Waals surface area contributed by atoms with Gasteiger partial charge >= 0.3 is 0 Å². The fourth-order valence-electron chi connectivity index (χ4n) is 1.98. The lowest BCUT2D eigenvalue weighted by Gasteiger charge is -2.05. The zero-order chi connectivity index (χ0) is 18.6. The van der Waals surface area contributed by atoms with Crippen LogP contribution in [0.5, 0.6) is 5.75 Å². The van der Waals surface area contributed by atoms with Gasteiger partial charge in [0.15, 0.2) is 0 Å². The van der Waals surface area contributed by atoms with Gasteiger partial charge in [0.1, 0.15) is 5.75 Å². The van der Waals surface area contributed by atoms with Crippen molar-refractivity contribution in [2.45, 2.75) is 6.92 Å². The molecule has 0 atom stereocenters. The number of nitrogens with one attached hydrogen (secondary N) is 1. The summed E-state index contributed by atoms with van der Waals surface area (Å²) in [7, 11) is 0. The van der Waals surface area contributed by atoms with E-state index < -0.39 is 27.1 Å². The van der Waals surface area contributed by atoms with Crippen molar-refractivity contribution >= 4 is 23.0 Å². The molecule has 0 radical (unpaired) electrons. The maximum Gasteiger partial charge on any atom is 0.277 e. The Bertz CT molecular complexity index is 861. The molecule has 0 aliphatic heterocycles. The molecule has 0 heterocycles. The fourth-order valence-corrected chi connectivity index (χ4v) is 1.98. The second-order valence-corrected chi connectivity index (χ2v) is 4.91. The van der Waals surface area contributed by atoms with Crippen molar-refractivity contribution in [3.05, 3.63) is 73.8 Å². The molecule has 2 aromatic rings. The summed E-state index contributed by atoms with van der Waals surface area (Å²) in [6.45, 7) is 1.53. The Morgan fingerprint density at radius 2 is 1.64 bits per heavy atom. The maximum atomic E-state index is 12.1. The molecule has 0 aliphatic carbocycles. The van der Waals surface area contributed by atoms with Gasteiger partial charge in [0, 0.05) is 17.7 Å². The number of nitro benzene ring substituents is 2. The Kier molecular flexibility index (Phi) is 5.03. The lowest BCUT2D eigenvalue weighted by molar-refractivity contribution is -0.394. The van der Waals surface area contributed by atoms with E-state index >= 15 is 0 Å². The van der Waals surface area contributed by atoms with E-state index in [4.69, 9.17) is 0 Å². The van der Waals surface area contributed by atoms with Crippen LogP contribution in [0, 0.1) is 20.2 Å². The highest BCUT2D eigenvalue weighted by molar-refractivity contribution is 6.02. The molecule has 0 unspecified atom stereocenters. The Balaban J connectivity index is 2.29. The molecule has 0 saturated heterocycles. The molecule has 2 aromatic carbocycles. The number of carbonyl (C=O) groups is 1. The Hall–Kier alpha value is -3.82. The number of carbonyl (C=O) groups excluding carboxylic acids is 1. The molecule has 10 nitrogen and oxygen atoms in total. The standard InChI is InChI=1S/C15H12N4O6/c1-9(13-4-2-3-5-14(13)20)16-17-15(21)10-6-11(18(22)23)8-12(7-10)19(24)25/h2-8,20H,1H3,(H,17,21). The first kappa shape index (κ1) is 17.5. The summed E-state index contributed by atoms with van der Waals surface area (Å²) in [5, 5.41) is 35.2. The summed E-state index contributed by atoms with van der Waals surface area (Å²) < 4.78 is 0. The van der Waals surface area contributed by atoms with Gasteiger partial charge in [-0.2, -0.15) is 5.10 Å². The van der Waals surface area contributed by atoms with Crippen molar-refractivity contribution < 1.29 is 19.7 Å². The minimum atomic E-state index is -0.860. The van der Waals surface area contributed by atoms with Gasteiger partial charge in [-0.15, -0.1) is 0 Å². The highest BCUT2D eigenvalue weighted by Crippen LogP contribution is 2.22. The van der Waals surface area contributed by atoms with Gasteiger partial charge in [0.2, 0.25) is 0 Å². The molecule has 0 aromatic heterocycles. The zero-order valence-electron chi connectivity index (χ0n) is 12.9. The molecular weight excluding hydrogens is 332 g/mol. The number of para-hydroxylation sites is 1. The second-order valence-electron chi connectivity index (χ2n) is 4.91. The topological polar surface area (TPSA) is 148 Å². The number of benzene rings is 2. The molecule has 0 fully saturated rings. The molecule has 0 aliphatic rings. The van der Waals surface area contributed by atoms with Crippen molar-refractivity contribution in [1.29, 1.82) is 0 Å². The van der Waals surface area contributed by atoms with Gasteiger partial charge in [-0.1, -0.05) is 12.1 Å². The summed E-state index contributed by atoms with van der Waals surface area (Å²) in [5.41, 5.74) is 1.37. The highest BCUT2D eigenvalue weighted by Gasteiger charge is 2.19. The molecule has 0 saturated carbocycles.